The molecule has 0 amide bonds. The molecular weight excluding hydrogens is 170 g/mol. The minimum atomic E-state index is -1.51. The first-order valence-corrected chi connectivity index (χ1v) is 3.08. The van der Waals surface area contributed by atoms with Crippen molar-refractivity contribution in [2.45, 2.75) is 6.67 Å². The molecule has 0 aliphatic carbocycles. The van der Waals surface area contributed by atoms with E-state index in [4.69, 9.17) is 5.11 Å². The maximum Gasteiger partial charge on any atom is 0.342 e. The summed E-state index contributed by atoms with van der Waals surface area (Å²) in [5.41, 5.74) is -1.08. The molecule has 0 saturated carbocycles. The third-order valence-corrected chi connectivity index (χ3v) is 1.39. The van der Waals surface area contributed by atoms with Crippen LogP contribution in [-0.4, -0.2) is 20.9 Å². The second kappa shape index (κ2) is 2.88. The summed E-state index contributed by atoms with van der Waals surface area (Å²) in [6.45, 7) is -1.08. The Hall–Kier alpha value is -1.46. The van der Waals surface area contributed by atoms with Crippen LogP contribution in [0.2, 0.25) is 0 Å². The first kappa shape index (κ1) is 8.63. The molecule has 0 saturated heterocycles. The number of alkyl halides is 1. The van der Waals surface area contributed by atoms with Crippen molar-refractivity contribution < 1.29 is 18.7 Å². The number of hydrogen-bond acceptors (Lipinski definition) is 2. The van der Waals surface area contributed by atoms with Gasteiger partial charge < -0.3 is 5.11 Å². The average molecular weight is 176 g/mol. The molecular formula is C6H6F2N2O2. The van der Waals surface area contributed by atoms with Gasteiger partial charge in [0.2, 0.25) is 5.95 Å². The minimum Gasteiger partial charge on any atom is -0.477 e. The molecule has 4 nitrogen and oxygen atoms in total. The number of nitrogens with zero attached hydrogens (tertiary/aromatic N) is 2. The summed E-state index contributed by atoms with van der Waals surface area (Å²) in [5, 5.41) is 11.8. The predicted octanol–water partition coefficient (Wildman–Crippen LogP) is 0.727. The van der Waals surface area contributed by atoms with E-state index in [-0.39, 0.29) is 5.69 Å². The van der Waals surface area contributed by atoms with E-state index in [1.807, 2.05) is 0 Å². The van der Waals surface area contributed by atoms with E-state index in [2.05, 4.69) is 5.10 Å². The van der Waals surface area contributed by atoms with Gasteiger partial charge in [0.15, 0.2) is 0 Å². The third-order valence-electron chi connectivity index (χ3n) is 1.39. The van der Waals surface area contributed by atoms with Crippen LogP contribution in [-0.2, 0) is 13.7 Å². The van der Waals surface area contributed by atoms with Gasteiger partial charge in [-0.05, 0) is 0 Å². The van der Waals surface area contributed by atoms with Crippen LogP contribution in [0.25, 0.3) is 0 Å². The van der Waals surface area contributed by atoms with Crippen molar-refractivity contribution in [1.82, 2.24) is 9.78 Å². The summed E-state index contributed by atoms with van der Waals surface area (Å²) < 4.78 is 25.5. The van der Waals surface area contributed by atoms with Gasteiger partial charge in [-0.15, -0.1) is 0 Å². The summed E-state index contributed by atoms with van der Waals surface area (Å²) >= 11 is 0. The Balaban J connectivity index is 3.31. The molecule has 0 bridgehead atoms. The van der Waals surface area contributed by atoms with Crippen LogP contribution in [0.5, 0.6) is 0 Å². The molecule has 6 heteroatoms. The Kier molecular flexibility index (Phi) is 2.07. The highest BCUT2D eigenvalue weighted by molar-refractivity contribution is 5.88. The van der Waals surface area contributed by atoms with E-state index in [1.54, 1.807) is 0 Å². The summed E-state index contributed by atoms with van der Waals surface area (Å²) in [6, 6.07) is 0. The smallest absolute Gasteiger partial charge is 0.342 e. The van der Waals surface area contributed by atoms with Crippen LogP contribution in [0.15, 0.2) is 0 Å². The number of carboxylic acids is 1. The van der Waals surface area contributed by atoms with Crippen molar-refractivity contribution in [3.05, 3.63) is 17.2 Å². The van der Waals surface area contributed by atoms with E-state index in [0.717, 1.165) is 0 Å². The number of aromatic nitrogens is 2. The quantitative estimate of drug-likeness (QED) is 0.722. The van der Waals surface area contributed by atoms with Crippen molar-refractivity contribution in [3.63, 3.8) is 0 Å². The number of hydrogen-bond donors (Lipinski definition) is 1. The van der Waals surface area contributed by atoms with Crippen LogP contribution in [0.1, 0.15) is 16.1 Å². The first-order chi connectivity index (χ1) is 5.57. The fraction of sp³-hybridized carbons (Fsp3) is 0.333. The van der Waals surface area contributed by atoms with Gasteiger partial charge in [-0.2, -0.15) is 9.49 Å². The van der Waals surface area contributed by atoms with Gasteiger partial charge in [-0.25, -0.2) is 13.9 Å². The lowest BCUT2D eigenvalue weighted by atomic mass is 10.2. The molecule has 0 atom stereocenters. The second-order valence-corrected chi connectivity index (χ2v) is 2.17. The molecule has 0 aliphatic heterocycles. The highest BCUT2D eigenvalue weighted by atomic mass is 19.1. The van der Waals surface area contributed by atoms with Gasteiger partial charge in [-0.1, -0.05) is 0 Å². The molecule has 0 aromatic carbocycles. The van der Waals surface area contributed by atoms with Crippen LogP contribution in [0.4, 0.5) is 8.78 Å². The van der Waals surface area contributed by atoms with Crippen LogP contribution in [0, 0.1) is 5.95 Å². The topological polar surface area (TPSA) is 55.1 Å². The van der Waals surface area contributed by atoms with Crippen LogP contribution < -0.4 is 0 Å². The van der Waals surface area contributed by atoms with Crippen molar-refractivity contribution in [3.8, 4) is 0 Å². The van der Waals surface area contributed by atoms with Gasteiger partial charge in [-0.3, -0.25) is 0 Å². The highest BCUT2D eigenvalue weighted by Gasteiger charge is 2.21. The summed E-state index contributed by atoms with van der Waals surface area (Å²) in [7, 11) is 1.21. The molecule has 66 valence electrons. The van der Waals surface area contributed by atoms with Crippen molar-refractivity contribution >= 4 is 5.97 Å². The Morgan fingerprint density at radius 2 is 2.33 bits per heavy atom. The molecule has 0 aliphatic rings. The minimum absolute atomic E-state index is 0.387. The van der Waals surface area contributed by atoms with Gasteiger partial charge in [0.05, 0.1) is 0 Å². The second-order valence-electron chi connectivity index (χ2n) is 2.17. The standard InChI is InChI=1S/C6H6F2N2O2/c1-10-5(8)4(6(11)12)3(2-7)9-10/h2H2,1H3,(H,11,12). The van der Waals surface area contributed by atoms with Gasteiger partial charge in [0.1, 0.15) is 17.9 Å². The monoisotopic (exact) mass is 176 g/mol. The molecule has 0 unspecified atom stereocenters. The lowest BCUT2D eigenvalue weighted by molar-refractivity contribution is 0.0689. The van der Waals surface area contributed by atoms with Crippen molar-refractivity contribution in [2.24, 2.45) is 7.05 Å². The molecule has 1 N–H and O–H groups in total. The van der Waals surface area contributed by atoms with Gasteiger partial charge >= 0.3 is 5.97 Å². The number of aromatic carboxylic acids is 1. The zero-order valence-electron chi connectivity index (χ0n) is 6.21. The average Bonchev–Trinajstić information content (AvgIpc) is 2.28. The molecule has 1 heterocycles. The summed E-state index contributed by atoms with van der Waals surface area (Å²) in [5.74, 6) is -2.54. The van der Waals surface area contributed by atoms with E-state index in [0.29, 0.717) is 4.68 Å². The molecule has 12 heavy (non-hydrogen) atoms. The maximum absolute atomic E-state index is 12.8. The molecule has 1 aromatic rings. The maximum atomic E-state index is 12.8. The number of carbonyl (C=O) groups is 1. The Labute approximate surface area is 66.4 Å². The van der Waals surface area contributed by atoms with Crippen LogP contribution >= 0.6 is 0 Å². The fourth-order valence-corrected chi connectivity index (χ4v) is 0.861. The van der Waals surface area contributed by atoms with Crippen LogP contribution in [0.3, 0.4) is 0 Å². The van der Waals surface area contributed by atoms with E-state index in [1.165, 1.54) is 7.05 Å². The number of aryl methyl sites for hydroxylation is 1. The normalized spacial score (nSPS) is 10.2. The zero-order chi connectivity index (χ0) is 9.30. The fourth-order valence-electron chi connectivity index (χ4n) is 0.861. The lowest BCUT2D eigenvalue weighted by Gasteiger charge is -1.89. The third kappa shape index (κ3) is 1.15. The summed E-state index contributed by atoms with van der Waals surface area (Å²) in [4.78, 5) is 10.4. The van der Waals surface area contributed by atoms with E-state index >= 15 is 0 Å². The SMILES string of the molecule is Cn1nc(CF)c(C(=O)O)c1F. The number of carboxylic acid groups (broad SMARTS) is 1. The van der Waals surface area contributed by atoms with Gasteiger partial charge in [0, 0.05) is 7.05 Å². The van der Waals surface area contributed by atoms with Crippen molar-refractivity contribution in [1.29, 1.82) is 0 Å². The van der Waals surface area contributed by atoms with Gasteiger partial charge in [0.25, 0.3) is 0 Å². The lowest BCUT2D eigenvalue weighted by Crippen LogP contribution is -2.02. The van der Waals surface area contributed by atoms with Crippen molar-refractivity contribution in [2.75, 3.05) is 0 Å². The molecule has 0 spiro atoms. The highest BCUT2D eigenvalue weighted by Crippen LogP contribution is 2.12. The Morgan fingerprint density at radius 3 is 2.67 bits per heavy atom. The first-order valence-electron chi connectivity index (χ1n) is 3.08. The molecule has 1 rings (SSSR count). The van der Waals surface area contributed by atoms with E-state index in [9.17, 15) is 13.6 Å². The summed E-state index contributed by atoms with van der Waals surface area (Å²) in [6.07, 6.45) is 0. The van der Waals surface area contributed by atoms with E-state index < -0.39 is 24.2 Å². The Morgan fingerprint density at radius 1 is 1.75 bits per heavy atom. The number of halogens is 2. The molecule has 0 fully saturated rings. The largest absolute Gasteiger partial charge is 0.477 e. The molecule has 1 aromatic heterocycles. The molecule has 0 radical (unpaired) electrons. The zero-order valence-corrected chi connectivity index (χ0v) is 6.21. The predicted molar refractivity (Wildman–Crippen MR) is 34.9 cm³/mol. The Bertz CT molecular complexity index is 322. The number of rotatable bonds is 2.